The zero-order valence-electron chi connectivity index (χ0n) is 14.2. The highest BCUT2D eigenvalue weighted by Crippen LogP contribution is 2.28. The van der Waals surface area contributed by atoms with Crippen LogP contribution in [0.15, 0.2) is 60.8 Å². The molecule has 1 aliphatic heterocycles. The highest BCUT2D eigenvalue weighted by Gasteiger charge is 2.33. The zero-order chi connectivity index (χ0) is 19.9. The van der Waals surface area contributed by atoms with Gasteiger partial charge in [-0.05, 0) is 41.5 Å². The Morgan fingerprint density at radius 1 is 0.893 bits per heavy atom. The molecule has 2 amide bonds. The SMILES string of the molecule is O=C1NC(=O)c2ccccc2C1=Cc1ccc(-n2ccc(C(F)(F)F)n2)cc1. The van der Waals surface area contributed by atoms with Crippen molar-refractivity contribution in [3.8, 4) is 5.69 Å². The number of benzene rings is 2. The van der Waals surface area contributed by atoms with Crippen molar-refractivity contribution in [3.63, 3.8) is 0 Å². The Labute approximate surface area is 157 Å². The van der Waals surface area contributed by atoms with Crippen LogP contribution in [0.25, 0.3) is 17.3 Å². The second-order valence-electron chi connectivity index (χ2n) is 6.12. The third-order valence-electron chi connectivity index (χ3n) is 4.28. The van der Waals surface area contributed by atoms with Crippen LogP contribution in [0.3, 0.4) is 0 Å². The molecule has 0 saturated heterocycles. The largest absolute Gasteiger partial charge is 0.435 e. The maximum Gasteiger partial charge on any atom is 0.435 e. The van der Waals surface area contributed by atoms with Gasteiger partial charge in [0.2, 0.25) is 0 Å². The fourth-order valence-electron chi connectivity index (χ4n) is 2.93. The van der Waals surface area contributed by atoms with Crippen LogP contribution >= 0.6 is 0 Å². The van der Waals surface area contributed by atoms with E-state index < -0.39 is 23.7 Å². The Bertz CT molecular complexity index is 1110. The number of carbonyl (C=O) groups is 2. The minimum absolute atomic E-state index is 0.335. The lowest BCUT2D eigenvalue weighted by Gasteiger charge is -2.18. The van der Waals surface area contributed by atoms with E-state index in [1.54, 1.807) is 54.6 Å². The number of nitrogens with zero attached hydrogens (tertiary/aromatic N) is 2. The highest BCUT2D eigenvalue weighted by molar-refractivity contribution is 6.33. The summed E-state index contributed by atoms with van der Waals surface area (Å²) in [5.41, 5.74) is 1.39. The number of carbonyl (C=O) groups excluding carboxylic acids is 2. The number of alkyl halides is 3. The minimum atomic E-state index is -4.51. The molecule has 28 heavy (non-hydrogen) atoms. The molecule has 1 aliphatic rings. The quantitative estimate of drug-likeness (QED) is 0.542. The summed E-state index contributed by atoms with van der Waals surface area (Å²) in [6.45, 7) is 0. The molecule has 2 heterocycles. The van der Waals surface area contributed by atoms with Gasteiger partial charge in [-0.25, -0.2) is 4.68 Å². The molecule has 0 bridgehead atoms. The number of nitrogens with one attached hydrogen (secondary N) is 1. The average molecular weight is 383 g/mol. The fourth-order valence-corrected chi connectivity index (χ4v) is 2.93. The molecule has 0 radical (unpaired) electrons. The lowest BCUT2D eigenvalue weighted by Crippen LogP contribution is -2.36. The molecule has 140 valence electrons. The summed E-state index contributed by atoms with van der Waals surface area (Å²) in [6.07, 6.45) is -1.66. The van der Waals surface area contributed by atoms with Gasteiger partial charge in [-0.3, -0.25) is 14.9 Å². The van der Waals surface area contributed by atoms with Gasteiger partial charge in [-0.15, -0.1) is 0 Å². The maximum atomic E-state index is 12.7. The number of hydrogen-bond acceptors (Lipinski definition) is 3. The van der Waals surface area contributed by atoms with Gasteiger partial charge in [0.15, 0.2) is 5.69 Å². The van der Waals surface area contributed by atoms with Crippen molar-refractivity contribution < 1.29 is 22.8 Å². The number of fused-ring (bicyclic) bond motifs is 1. The number of halogens is 3. The molecule has 2 aromatic carbocycles. The highest BCUT2D eigenvalue weighted by atomic mass is 19.4. The van der Waals surface area contributed by atoms with Crippen LogP contribution in [0, 0.1) is 0 Å². The van der Waals surface area contributed by atoms with Gasteiger partial charge in [0.05, 0.1) is 5.69 Å². The van der Waals surface area contributed by atoms with E-state index in [1.165, 1.54) is 6.20 Å². The second kappa shape index (κ2) is 6.49. The lowest BCUT2D eigenvalue weighted by atomic mass is 9.93. The van der Waals surface area contributed by atoms with Crippen LogP contribution in [-0.2, 0) is 11.0 Å². The summed E-state index contributed by atoms with van der Waals surface area (Å²) in [6, 6.07) is 14.2. The summed E-state index contributed by atoms with van der Waals surface area (Å²) >= 11 is 0. The molecule has 3 aromatic rings. The first kappa shape index (κ1) is 17.7. The van der Waals surface area contributed by atoms with E-state index in [9.17, 15) is 22.8 Å². The molecule has 5 nitrogen and oxygen atoms in total. The third-order valence-corrected chi connectivity index (χ3v) is 4.28. The average Bonchev–Trinajstić information content (AvgIpc) is 3.16. The Hall–Kier alpha value is -3.68. The van der Waals surface area contributed by atoms with Crippen LogP contribution in [0.1, 0.15) is 27.2 Å². The van der Waals surface area contributed by atoms with Crippen molar-refractivity contribution in [2.24, 2.45) is 0 Å². The molecule has 0 spiro atoms. The predicted octanol–water partition coefficient (Wildman–Crippen LogP) is 3.70. The van der Waals surface area contributed by atoms with E-state index >= 15 is 0 Å². The molecule has 1 N–H and O–H groups in total. The second-order valence-corrected chi connectivity index (χ2v) is 6.12. The standard InChI is InChI=1S/C20H12F3N3O2/c21-20(22,23)17-9-10-26(25-17)13-7-5-12(6-8-13)11-16-14-3-1-2-4-15(14)18(27)24-19(16)28/h1-11H,(H,24,27,28). The number of aromatic nitrogens is 2. The van der Waals surface area contributed by atoms with Crippen LogP contribution < -0.4 is 5.32 Å². The number of hydrogen-bond donors (Lipinski definition) is 1. The first-order valence-electron chi connectivity index (χ1n) is 8.23. The van der Waals surface area contributed by atoms with Crippen LogP contribution in [0.4, 0.5) is 13.2 Å². The number of imide groups is 1. The van der Waals surface area contributed by atoms with Crippen molar-refractivity contribution in [2.45, 2.75) is 6.18 Å². The topological polar surface area (TPSA) is 64.0 Å². The van der Waals surface area contributed by atoms with Crippen molar-refractivity contribution >= 4 is 23.5 Å². The zero-order valence-corrected chi connectivity index (χ0v) is 14.2. The van der Waals surface area contributed by atoms with Gasteiger partial charge in [0.1, 0.15) is 0 Å². The molecule has 0 aliphatic carbocycles. The summed E-state index contributed by atoms with van der Waals surface area (Å²) in [5, 5.41) is 5.82. The van der Waals surface area contributed by atoms with Gasteiger partial charge < -0.3 is 0 Å². The van der Waals surface area contributed by atoms with Crippen molar-refractivity contribution in [3.05, 3.63) is 83.2 Å². The summed E-state index contributed by atoms with van der Waals surface area (Å²) in [5.74, 6) is -0.957. The van der Waals surface area contributed by atoms with E-state index in [0.717, 1.165) is 10.7 Å². The number of rotatable bonds is 2. The van der Waals surface area contributed by atoms with Gasteiger partial charge in [-0.2, -0.15) is 18.3 Å². The monoisotopic (exact) mass is 383 g/mol. The molecule has 0 atom stereocenters. The smallest absolute Gasteiger partial charge is 0.288 e. The first-order valence-corrected chi connectivity index (χ1v) is 8.23. The molecule has 0 saturated carbocycles. The molecule has 1 aromatic heterocycles. The van der Waals surface area contributed by atoms with Crippen molar-refractivity contribution in [1.82, 2.24) is 15.1 Å². The Morgan fingerprint density at radius 2 is 1.57 bits per heavy atom. The number of amides is 2. The van der Waals surface area contributed by atoms with E-state index in [0.29, 0.717) is 28.0 Å². The van der Waals surface area contributed by atoms with Gasteiger partial charge >= 0.3 is 6.18 Å². The summed E-state index contributed by atoms with van der Waals surface area (Å²) in [4.78, 5) is 24.2. The molecular weight excluding hydrogens is 371 g/mol. The predicted molar refractivity (Wildman–Crippen MR) is 95.4 cm³/mol. The van der Waals surface area contributed by atoms with Gasteiger partial charge in [0, 0.05) is 17.3 Å². The summed E-state index contributed by atoms with van der Waals surface area (Å²) < 4.78 is 39.2. The van der Waals surface area contributed by atoms with E-state index in [-0.39, 0.29) is 0 Å². The maximum absolute atomic E-state index is 12.7. The normalized spacial score (nSPS) is 15.5. The minimum Gasteiger partial charge on any atom is -0.288 e. The van der Waals surface area contributed by atoms with Crippen molar-refractivity contribution in [1.29, 1.82) is 0 Å². The van der Waals surface area contributed by atoms with Crippen LogP contribution in [0.2, 0.25) is 0 Å². The molecule has 4 rings (SSSR count). The molecule has 8 heteroatoms. The Morgan fingerprint density at radius 3 is 2.21 bits per heavy atom. The van der Waals surface area contributed by atoms with E-state index in [1.807, 2.05) is 0 Å². The van der Waals surface area contributed by atoms with Crippen molar-refractivity contribution in [2.75, 3.05) is 0 Å². The van der Waals surface area contributed by atoms with Gasteiger partial charge in [-0.1, -0.05) is 30.3 Å². The fraction of sp³-hybridized carbons (Fsp3) is 0.0500. The summed E-state index contributed by atoms with van der Waals surface area (Å²) in [7, 11) is 0. The Kier molecular flexibility index (Phi) is 4.11. The first-order chi connectivity index (χ1) is 13.3. The van der Waals surface area contributed by atoms with Crippen LogP contribution in [-0.4, -0.2) is 21.6 Å². The Balaban J connectivity index is 1.66. The van der Waals surface area contributed by atoms with Gasteiger partial charge in [0.25, 0.3) is 11.8 Å². The lowest BCUT2D eigenvalue weighted by molar-refractivity contribution is -0.141. The van der Waals surface area contributed by atoms with E-state index in [2.05, 4.69) is 10.4 Å². The molecular formula is C20H12F3N3O2. The molecule has 0 fully saturated rings. The van der Waals surface area contributed by atoms with Crippen LogP contribution in [0.5, 0.6) is 0 Å². The third kappa shape index (κ3) is 3.20. The molecule has 0 unspecified atom stereocenters. The van der Waals surface area contributed by atoms with E-state index in [4.69, 9.17) is 0 Å².